The highest BCUT2D eigenvalue weighted by molar-refractivity contribution is 5.73. The first kappa shape index (κ1) is 16.7. The third-order valence-corrected chi connectivity index (χ3v) is 3.51. The fourth-order valence-corrected chi connectivity index (χ4v) is 2.54. The van der Waals surface area contributed by atoms with Crippen molar-refractivity contribution in [3.63, 3.8) is 0 Å². The number of urea groups is 1. The molecule has 1 aromatic rings. The zero-order chi connectivity index (χ0) is 15.8. The minimum absolute atomic E-state index is 0.0663. The van der Waals surface area contributed by atoms with E-state index in [4.69, 9.17) is 4.74 Å². The van der Waals surface area contributed by atoms with Gasteiger partial charge in [0.25, 0.3) is 0 Å². The Morgan fingerprint density at radius 3 is 3.09 bits per heavy atom. The molecule has 1 saturated heterocycles. The number of nitrogens with zero attached hydrogens (tertiary/aromatic N) is 2. The second-order valence-corrected chi connectivity index (χ2v) is 6.07. The van der Waals surface area contributed by atoms with E-state index in [0.29, 0.717) is 19.0 Å². The van der Waals surface area contributed by atoms with Crippen molar-refractivity contribution in [1.29, 1.82) is 0 Å². The Labute approximate surface area is 132 Å². The lowest BCUT2D eigenvalue weighted by atomic mass is 10.2. The smallest absolute Gasteiger partial charge is 0.315 e. The summed E-state index contributed by atoms with van der Waals surface area (Å²) in [6.45, 7) is 9.10. The predicted molar refractivity (Wildman–Crippen MR) is 85.5 cm³/mol. The molecule has 1 fully saturated rings. The van der Waals surface area contributed by atoms with Gasteiger partial charge in [0.15, 0.2) is 0 Å². The van der Waals surface area contributed by atoms with Crippen molar-refractivity contribution in [3.05, 3.63) is 30.1 Å². The van der Waals surface area contributed by atoms with Gasteiger partial charge in [0.05, 0.1) is 12.7 Å². The number of aromatic nitrogens is 1. The number of nitrogens with one attached hydrogen (secondary N) is 2. The van der Waals surface area contributed by atoms with Gasteiger partial charge >= 0.3 is 6.03 Å². The van der Waals surface area contributed by atoms with Crippen LogP contribution in [-0.2, 0) is 11.3 Å². The molecule has 6 nitrogen and oxygen atoms in total. The highest BCUT2D eigenvalue weighted by Gasteiger charge is 2.21. The van der Waals surface area contributed by atoms with Crippen LogP contribution >= 0.6 is 0 Å². The second-order valence-electron chi connectivity index (χ2n) is 6.07. The first-order valence-corrected chi connectivity index (χ1v) is 7.88. The van der Waals surface area contributed by atoms with Gasteiger partial charge in [-0.3, -0.25) is 9.88 Å². The highest BCUT2D eigenvalue weighted by atomic mass is 16.5. The van der Waals surface area contributed by atoms with Crippen molar-refractivity contribution in [3.8, 4) is 0 Å². The number of amides is 2. The van der Waals surface area contributed by atoms with Crippen molar-refractivity contribution in [2.24, 2.45) is 5.92 Å². The van der Waals surface area contributed by atoms with Gasteiger partial charge in [-0.2, -0.15) is 0 Å². The normalized spacial score (nSPS) is 19.1. The molecular formula is C16H26N4O2. The van der Waals surface area contributed by atoms with E-state index < -0.39 is 0 Å². The molecule has 0 bridgehead atoms. The summed E-state index contributed by atoms with van der Waals surface area (Å²) in [7, 11) is 0. The van der Waals surface area contributed by atoms with E-state index in [0.717, 1.165) is 31.8 Å². The van der Waals surface area contributed by atoms with Crippen LogP contribution in [0.2, 0.25) is 0 Å². The molecule has 6 heteroatoms. The minimum atomic E-state index is -0.173. The number of morpholine rings is 1. The van der Waals surface area contributed by atoms with Crippen molar-refractivity contribution < 1.29 is 9.53 Å². The molecule has 1 aliphatic heterocycles. The van der Waals surface area contributed by atoms with E-state index in [9.17, 15) is 4.79 Å². The Kier molecular flexibility index (Phi) is 6.61. The fourth-order valence-electron chi connectivity index (χ4n) is 2.54. The molecule has 22 heavy (non-hydrogen) atoms. The van der Waals surface area contributed by atoms with Crippen LogP contribution in [0.3, 0.4) is 0 Å². The van der Waals surface area contributed by atoms with E-state index in [-0.39, 0.29) is 12.1 Å². The monoisotopic (exact) mass is 306 g/mol. The second kappa shape index (κ2) is 8.70. The molecule has 0 spiro atoms. The molecule has 0 radical (unpaired) electrons. The Morgan fingerprint density at radius 2 is 2.36 bits per heavy atom. The van der Waals surface area contributed by atoms with E-state index >= 15 is 0 Å². The maximum Gasteiger partial charge on any atom is 0.315 e. The van der Waals surface area contributed by atoms with E-state index in [2.05, 4.69) is 34.4 Å². The van der Waals surface area contributed by atoms with Crippen LogP contribution in [0, 0.1) is 5.92 Å². The number of ether oxygens (including phenoxy) is 1. The molecular weight excluding hydrogens is 280 g/mol. The molecule has 1 atom stereocenters. The topological polar surface area (TPSA) is 66.5 Å². The largest absolute Gasteiger partial charge is 0.374 e. The van der Waals surface area contributed by atoms with Gasteiger partial charge in [0.1, 0.15) is 0 Å². The Morgan fingerprint density at radius 1 is 1.50 bits per heavy atom. The van der Waals surface area contributed by atoms with Crippen LogP contribution in [0.1, 0.15) is 19.4 Å². The Hall–Kier alpha value is -1.66. The quantitative estimate of drug-likeness (QED) is 0.830. The first-order valence-electron chi connectivity index (χ1n) is 7.88. The lowest BCUT2D eigenvalue weighted by Gasteiger charge is -2.33. The van der Waals surface area contributed by atoms with Gasteiger partial charge in [0.2, 0.25) is 0 Å². The minimum Gasteiger partial charge on any atom is -0.374 e. The lowest BCUT2D eigenvalue weighted by Crippen LogP contribution is -2.49. The average Bonchev–Trinajstić information content (AvgIpc) is 2.52. The Bertz CT molecular complexity index is 453. The van der Waals surface area contributed by atoms with Crippen LogP contribution in [0.25, 0.3) is 0 Å². The maximum absolute atomic E-state index is 11.8. The standard InChI is InChI=1S/C16H26N4O2/c1-13(2)11-20-6-7-22-15(12-20)10-19-16(21)18-9-14-4-3-5-17-8-14/h3-5,8,13,15H,6-7,9-12H2,1-2H3,(H2,18,19,21). The molecule has 122 valence electrons. The molecule has 2 N–H and O–H groups in total. The zero-order valence-corrected chi connectivity index (χ0v) is 13.4. The SMILES string of the molecule is CC(C)CN1CCOC(CNC(=O)NCc2cccnc2)C1. The van der Waals surface area contributed by atoms with Crippen molar-refractivity contribution in [2.75, 3.05) is 32.8 Å². The molecule has 1 aliphatic rings. The zero-order valence-electron chi connectivity index (χ0n) is 13.4. The van der Waals surface area contributed by atoms with Crippen LogP contribution in [0.15, 0.2) is 24.5 Å². The summed E-state index contributed by atoms with van der Waals surface area (Å²) in [5.74, 6) is 0.648. The van der Waals surface area contributed by atoms with Crippen LogP contribution in [0.4, 0.5) is 4.79 Å². The Balaban J connectivity index is 1.65. The third-order valence-electron chi connectivity index (χ3n) is 3.51. The molecule has 0 aromatic carbocycles. The van der Waals surface area contributed by atoms with Crippen molar-refractivity contribution >= 4 is 6.03 Å². The summed E-state index contributed by atoms with van der Waals surface area (Å²) in [6.07, 6.45) is 3.53. The van der Waals surface area contributed by atoms with Crippen molar-refractivity contribution in [1.82, 2.24) is 20.5 Å². The van der Waals surface area contributed by atoms with Gasteiger partial charge in [-0.15, -0.1) is 0 Å². The highest BCUT2D eigenvalue weighted by Crippen LogP contribution is 2.07. The summed E-state index contributed by atoms with van der Waals surface area (Å²) in [5.41, 5.74) is 0.981. The number of carbonyl (C=O) groups is 1. The summed E-state index contributed by atoms with van der Waals surface area (Å²) < 4.78 is 5.71. The number of hydrogen-bond acceptors (Lipinski definition) is 4. The first-order chi connectivity index (χ1) is 10.6. The maximum atomic E-state index is 11.8. The van der Waals surface area contributed by atoms with Gasteiger partial charge in [-0.25, -0.2) is 4.79 Å². The summed E-state index contributed by atoms with van der Waals surface area (Å²) in [6, 6.07) is 3.61. The third kappa shape index (κ3) is 5.99. The number of hydrogen-bond donors (Lipinski definition) is 2. The summed E-state index contributed by atoms with van der Waals surface area (Å²) in [5, 5.41) is 5.70. The molecule has 0 saturated carbocycles. The number of rotatable bonds is 6. The van der Waals surface area contributed by atoms with Crippen LogP contribution < -0.4 is 10.6 Å². The van der Waals surface area contributed by atoms with Crippen LogP contribution in [0.5, 0.6) is 0 Å². The lowest BCUT2D eigenvalue weighted by molar-refractivity contribution is -0.0290. The van der Waals surface area contributed by atoms with Gasteiger partial charge in [0, 0.05) is 45.1 Å². The molecule has 0 aliphatic carbocycles. The molecule has 2 rings (SSSR count). The number of pyridine rings is 1. The summed E-state index contributed by atoms with van der Waals surface area (Å²) >= 11 is 0. The van der Waals surface area contributed by atoms with E-state index in [1.165, 1.54) is 0 Å². The van der Waals surface area contributed by atoms with E-state index in [1.54, 1.807) is 12.4 Å². The van der Waals surface area contributed by atoms with E-state index in [1.807, 2.05) is 12.1 Å². The average molecular weight is 306 g/mol. The fraction of sp³-hybridized carbons (Fsp3) is 0.625. The summed E-state index contributed by atoms with van der Waals surface area (Å²) in [4.78, 5) is 18.2. The number of carbonyl (C=O) groups excluding carboxylic acids is 1. The molecule has 1 aromatic heterocycles. The molecule has 2 amide bonds. The van der Waals surface area contributed by atoms with Gasteiger partial charge in [-0.05, 0) is 17.5 Å². The van der Waals surface area contributed by atoms with Crippen LogP contribution in [-0.4, -0.2) is 54.8 Å². The van der Waals surface area contributed by atoms with Crippen molar-refractivity contribution in [2.45, 2.75) is 26.5 Å². The van der Waals surface area contributed by atoms with Gasteiger partial charge < -0.3 is 15.4 Å². The van der Waals surface area contributed by atoms with Gasteiger partial charge in [-0.1, -0.05) is 19.9 Å². The molecule has 2 heterocycles. The molecule has 1 unspecified atom stereocenters. The predicted octanol–water partition coefficient (Wildman–Crippen LogP) is 1.24.